The van der Waals surface area contributed by atoms with Gasteiger partial charge in [-0.25, -0.2) is 9.79 Å². The Morgan fingerprint density at radius 3 is 3.00 bits per heavy atom. The van der Waals surface area contributed by atoms with Crippen molar-refractivity contribution in [2.24, 2.45) is 15.9 Å². The molecule has 0 aromatic carbocycles. The summed E-state index contributed by atoms with van der Waals surface area (Å²) in [6.07, 6.45) is 6.32. The van der Waals surface area contributed by atoms with Crippen molar-refractivity contribution in [2.75, 3.05) is 13.1 Å². The van der Waals surface area contributed by atoms with E-state index in [9.17, 15) is 14.4 Å². The molecule has 0 bridgehead atoms. The Morgan fingerprint density at radius 1 is 1.38 bits per heavy atom. The highest BCUT2D eigenvalue weighted by molar-refractivity contribution is 6.19. The number of imide groups is 1. The van der Waals surface area contributed by atoms with Gasteiger partial charge in [-0.15, -0.1) is 0 Å². The molecule has 0 radical (unpaired) electrons. The number of amidine groups is 1. The molecule has 2 aliphatic rings. The van der Waals surface area contributed by atoms with Crippen LogP contribution in [0.1, 0.15) is 17.4 Å². The van der Waals surface area contributed by atoms with E-state index in [1.165, 1.54) is 6.21 Å². The van der Waals surface area contributed by atoms with E-state index in [0.717, 1.165) is 4.90 Å². The highest BCUT2D eigenvalue weighted by Crippen LogP contribution is 2.18. The minimum Gasteiger partial charge on any atom is -0.349 e. The van der Waals surface area contributed by atoms with E-state index in [-0.39, 0.29) is 30.7 Å². The normalized spacial score (nSPS) is 19.3. The van der Waals surface area contributed by atoms with Crippen molar-refractivity contribution in [2.45, 2.75) is 13.5 Å². The second kappa shape index (κ2) is 6.57. The van der Waals surface area contributed by atoms with Crippen LogP contribution in [0.3, 0.4) is 0 Å². The van der Waals surface area contributed by atoms with E-state index < -0.39 is 11.9 Å². The first-order valence-corrected chi connectivity index (χ1v) is 7.56. The number of hydrogen-bond donors (Lipinski definition) is 1. The van der Waals surface area contributed by atoms with Crippen molar-refractivity contribution in [3.8, 4) is 0 Å². The maximum absolute atomic E-state index is 12.3. The Balaban J connectivity index is 1.61. The lowest BCUT2D eigenvalue weighted by atomic mass is 10.0. The molecule has 3 rings (SSSR count). The van der Waals surface area contributed by atoms with Gasteiger partial charge in [0.05, 0.1) is 0 Å². The van der Waals surface area contributed by atoms with Crippen LogP contribution in [0.2, 0.25) is 0 Å². The molecule has 1 unspecified atom stereocenters. The predicted octanol–water partition coefficient (Wildman–Crippen LogP) is 0.250. The number of fused-ring (bicyclic) bond motifs is 1. The quantitative estimate of drug-likeness (QED) is 0.835. The molecule has 0 spiro atoms. The fourth-order valence-corrected chi connectivity index (χ4v) is 2.51. The van der Waals surface area contributed by atoms with Gasteiger partial charge in [0.1, 0.15) is 17.4 Å². The zero-order chi connectivity index (χ0) is 17.1. The third-order valence-electron chi connectivity index (χ3n) is 3.72. The number of nitrogens with zero attached hydrogens (tertiary/aromatic N) is 5. The Labute approximate surface area is 137 Å². The average molecular weight is 328 g/mol. The molecule has 0 saturated heterocycles. The molecule has 0 aliphatic carbocycles. The Kier molecular flexibility index (Phi) is 4.32. The third kappa shape index (κ3) is 2.87. The molecule has 1 aromatic heterocycles. The number of dihydropyridines is 1. The summed E-state index contributed by atoms with van der Waals surface area (Å²) in [5, 5.41) is 6.70. The fourth-order valence-electron chi connectivity index (χ4n) is 2.51. The largest absolute Gasteiger partial charge is 0.352 e. The van der Waals surface area contributed by atoms with Crippen LogP contribution in [0.15, 0.2) is 34.4 Å². The van der Waals surface area contributed by atoms with E-state index in [4.69, 9.17) is 0 Å². The molecule has 0 fully saturated rings. The lowest BCUT2D eigenvalue weighted by Gasteiger charge is -2.27. The highest BCUT2D eigenvalue weighted by atomic mass is 16.2. The summed E-state index contributed by atoms with van der Waals surface area (Å²) in [5.74, 6) is -1.12. The second-order valence-electron chi connectivity index (χ2n) is 5.17. The fraction of sp³-hybridized carbons (Fsp3) is 0.333. The molecule has 0 saturated carbocycles. The van der Waals surface area contributed by atoms with Gasteiger partial charge < -0.3 is 5.32 Å². The molecular formula is C15H16N6O3. The van der Waals surface area contributed by atoms with E-state index in [1.54, 1.807) is 29.1 Å². The van der Waals surface area contributed by atoms with Gasteiger partial charge in [-0.05, 0) is 19.1 Å². The molecular weight excluding hydrogens is 312 g/mol. The molecule has 1 aromatic rings. The van der Waals surface area contributed by atoms with Gasteiger partial charge in [0.25, 0.3) is 5.91 Å². The van der Waals surface area contributed by atoms with E-state index in [0.29, 0.717) is 12.2 Å². The van der Waals surface area contributed by atoms with Gasteiger partial charge in [-0.1, -0.05) is 6.08 Å². The van der Waals surface area contributed by atoms with Gasteiger partial charge in [0.15, 0.2) is 0 Å². The van der Waals surface area contributed by atoms with E-state index in [1.807, 2.05) is 6.92 Å². The van der Waals surface area contributed by atoms with E-state index in [2.05, 4.69) is 20.4 Å². The first kappa shape index (κ1) is 15.8. The Morgan fingerprint density at radius 2 is 2.21 bits per heavy atom. The number of allylic oxidation sites excluding steroid dienone is 1. The van der Waals surface area contributed by atoms with Gasteiger partial charge in [0, 0.05) is 32.0 Å². The number of carbonyl (C=O) groups excluding carboxylic acids is 3. The molecule has 3 heterocycles. The molecule has 9 heteroatoms. The van der Waals surface area contributed by atoms with Crippen molar-refractivity contribution in [3.05, 3.63) is 30.1 Å². The Hall–Kier alpha value is -3.10. The van der Waals surface area contributed by atoms with E-state index >= 15 is 0 Å². The summed E-state index contributed by atoms with van der Waals surface area (Å²) < 4.78 is 1.56. The number of rotatable bonds is 5. The maximum Gasteiger partial charge on any atom is 0.352 e. The van der Waals surface area contributed by atoms with Gasteiger partial charge in [0.2, 0.25) is 5.91 Å². The number of amides is 4. The van der Waals surface area contributed by atoms with Crippen LogP contribution in [0.5, 0.6) is 0 Å². The van der Waals surface area contributed by atoms with Crippen LogP contribution in [0, 0.1) is 5.92 Å². The standard InChI is InChI=1S/C15H16N6O3/c1-2-21-11(5-7-18-21)13(22)17-8-9-20-14(23)10-4-3-6-16-12(10)19-15(20)24/h3-7,10H,2,8-9H2,1H3,(H,17,22). The van der Waals surface area contributed by atoms with Crippen molar-refractivity contribution < 1.29 is 14.4 Å². The van der Waals surface area contributed by atoms with Crippen molar-refractivity contribution in [3.63, 3.8) is 0 Å². The first-order valence-electron chi connectivity index (χ1n) is 7.56. The van der Waals surface area contributed by atoms with Crippen molar-refractivity contribution >= 4 is 29.9 Å². The SMILES string of the molecule is CCn1nccc1C(=O)NCCN1C(=O)N=C2N=CC=CC2C1=O. The zero-order valence-corrected chi connectivity index (χ0v) is 13.0. The molecule has 1 atom stereocenters. The van der Waals surface area contributed by atoms with Crippen LogP contribution >= 0.6 is 0 Å². The van der Waals surface area contributed by atoms with Crippen LogP contribution in [-0.2, 0) is 11.3 Å². The monoisotopic (exact) mass is 328 g/mol. The predicted molar refractivity (Wildman–Crippen MR) is 85.9 cm³/mol. The van der Waals surface area contributed by atoms with Crippen LogP contribution in [0.25, 0.3) is 0 Å². The summed E-state index contributed by atoms with van der Waals surface area (Å²) >= 11 is 0. The number of hydrogen-bond acceptors (Lipinski definition) is 5. The number of aryl methyl sites for hydroxylation is 1. The summed E-state index contributed by atoms with van der Waals surface area (Å²) in [6.45, 7) is 2.64. The molecule has 4 amide bonds. The lowest BCUT2D eigenvalue weighted by molar-refractivity contribution is -0.129. The zero-order valence-electron chi connectivity index (χ0n) is 13.0. The number of aromatic nitrogens is 2. The van der Waals surface area contributed by atoms with Gasteiger partial charge in [-0.2, -0.15) is 10.1 Å². The van der Waals surface area contributed by atoms with Crippen LogP contribution in [0.4, 0.5) is 4.79 Å². The summed E-state index contributed by atoms with van der Waals surface area (Å²) in [7, 11) is 0. The van der Waals surface area contributed by atoms with Gasteiger partial charge >= 0.3 is 6.03 Å². The molecule has 24 heavy (non-hydrogen) atoms. The average Bonchev–Trinajstić information content (AvgIpc) is 3.06. The summed E-state index contributed by atoms with van der Waals surface area (Å²) in [4.78, 5) is 45.2. The van der Waals surface area contributed by atoms with Crippen LogP contribution in [-0.4, -0.2) is 57.7 Å². The maximum atomic E-state index is 12.3. The second-order valence-corrected chi connectivity index (χ2v) is 5.17. The molecule has 1 N–H and O–H groups in total. The minimum absolute atomic E-state index is 0.0501. The smallest absolute Gasteiger partial charge is 0.349 e. The number of nitrogens with one attached hydrogen (secondary N) is 1. The first-order chi connectivity index (χ1) is 11.6. The minimum atomic E-state index is -0.661. The molecule has 9 nitrogen and oxygen atoms in total. The number of carbonyl (C=O) groups is 3. The van der Waals surface area contributed by atoms with Gasteiger partial charge in [-0.3, -0.25) is 19.2 Å². The topological polar surface area (TPSA) is 109 Å². The van der Waals surface area contributed by atoms with Crippen molar-refractivity contribution in [1.29, 1.82) is 0 Å². The Bertz CT molecular complexity index is 776. The summed E-state index contributed by atoms with van der Waals surface area (Å²) in [6, 6.07) is 0.948. The molecule has 124 valence electrons. The number of aliphatic imine (C=N–C) groups is 2. The lowest BCUT2D eigenvalue weighted by Crippen LogP contribution is -2.48. The van der Waals surface area contributed by atoms with Crippen LogP contribution < -0.4 is 5.32 Å². The molecule has 2 aliphatic heterocycles. The van der Waals surface area contributed by atoms with Crippen molar-refractivity contribution in [1.82, 2.24) is 20.0 Å². The third-order valence-corrected chi connectivity index (χ3v) is 3.72. The number of urea groups is 1. The highest BCUT2D eigenvalue weighted by Gasteiger charge is 2.36. The summed E-state index contributed by atoms with van der Waals surface area (Å²) in [5.41, 5.74) is 0.429.